The normalized spacial score (nSPS) is 10.4. The van der Waals surface area contributed by atoms with Gasteiger partial charge in [-0.15, -0.1) is 0 Å². The van der Waals surface area contributed by atoms with Gasteiger partial charge in [-0.1, -0.05) is 63.4 Å². The Morgan fingerprint density at radius 2 is 1.70 bits per heavy atom. The number of carbonyl (C=O) groups excluding carboxylic acids is 1. The van der Waals surface area contributed by atoms with E-state index in [1.165, 1.54) is 0 Å². The number of amides is 1. The topological polar surface area (TPSA) is 20.3 Å². The molecule has 0 bridgehead atoms. The number of carbonyl (C=O) groups is 1. The number of halogens is 3. The summed E-state index contributed by atoms with van der Waals surface area (Å²) in [5.41, 5.74) is 1.36. The molecule has 0 heterocycles. The second kappa shape index (κ2) is 6.61. The Balaban J connectivity index is 2.24. The van der Waals surface area contributed by atoms with Gasteiger partial charge < -0.3 is 4.90 Å². The van der Waals surface area contributed by atoms with Gasteiger partial charge in [0.25, 0.3) is 5.91 Å². The zero-order chi connectivity index (χ0) is 14.7. The molecular weight excluding hydrogens is 361 g/mol. The molecule has 1 amide bonds. The Bertz CT molecular complexity index is 625. The van der Waals surface area contributed by atoms with Crippen LogP contribution in [0.25, 0.3) is 0 Å². The van der Waals surface area contributed by atoms with Crippen molar-refractivity contribution in [1.82, 2.24) is 4.90 Å². The van der Waals surface area contributed by atoms with Crippen LogP contribution in [0, 0.1) is 0 Å². The Kier molecular flexibility index (Phi) is 5.08. The van der Waals surface area contributed by atoms with Gasteiger partial charge in [0.05, 0.1) is 15.6 Å². The standard InChI is InChI=1S/C15H12BrCl2NO/c1-19(9-10-5-2-3-6-11(10)16)15(20)14-12(17)7-4-8-13(14)18/h2-8H,9H2,1H3. The Labute approximate surface area is 136 Å². The lowest BCUT2D eigenvalue weighted by Gasteiger charge is -2.19. The molecule has 0 saturated heterocycles. The van der Waals surface area contributed by atoms with Crippen LogP contribution in [0.4, 0.5) is 0 Å². The first kappa shape index (κ1) is 15.4. The molecule has 0 unspecified atom stereocenters. The van der Waals surface area contributed by atoms with E-state index in [2.05, 4.69) is 15.9 Å². The summed E-state index contributed by atoms with van der Waals surface area (Å²) >= 11 is 15.6. The number of rotatable bonds is 3. The van der Waals surface area contributed by atoms with Crippen molar-refractivity contribution in [2.24, 2.45) is 0 Å². The zero-order valence-electron chi connectivity index (χ0n) is 10.7. The van der Waals surface area contributed by atoms with Crippen molar-refractivity contribution in [3.8, 4) is 0 Å². The summed E-state index contributed by atoms with van der Waals surface area (Å²) in [7, 11) is 1.72. The van der Waals surface area contributed by atoms with Crippen molar-refractivity contribution >= 4 is 45.0 Å². The maximum Gasteiger partial charge on any atom is 0.256 e. The lowest BCUT2D eigenvalue weighted by atomic mass is 10.1. The van der Waals surface area contributed by atoms with Gasteiger partial charge in [0.1, 0.15) is 0 Å². The van der Waals surface area contributed by atoms with Gasteiger partial charge in [0.2, 0.25) is 0 Å². The largest absolute Gasteiger partial charge is 0.337 e. The molecule has 20 heavy (non-hydrogen) atoms. The van der Waals surface area contributed by atoms with Gasteiger partial charge in [-0.3, -0.25) is 4.79 Å². The summed E-state index contributed by atoms with van der Waals surface area (Å²) in [6, 6.07) is 12.8. The highest BCUT2D eigenvalue weighted by molar-refractivity contribution is 9.10. The maximum absolute atomic E-state index is 12.4. The molecule has 0 fully saturated rings. The Morgan fingerprint density at radius 1 is 1.10 bits per heavy atom. The first-order valence-corrected chi connectivity index (χ1v) is 7.48. The van der Waals surface area contributed by atoms with Crippen LogP contribution < -0.4 is 0 Å². The predicted molar refractivity (Wildman–Crippen MR) is 86.4 cm³/mol. The van der Waals surface area contributed by atoms with Gasteiger partial charge in [0, 0.05) is 18.1 Å². The molecule has 0 aliphatic heterocycles. The summed E-state index contributed by atoms with van der Waals surface area (Å²) < 4.78 is 0.963. The fraction of sp³-hybridized carbons (Fsp3) is 0.133. The van der Waals surface area contributed by atoms with Crippen LogP contribution in [-0.2, 0) is 6.54 Å². The molecule has 0 spiro atoms. The van der Waals surface area contributed by atoms with E-state index in [4.69, 9.17) is 23.2 Å². The van der Waals surface area contributed by atoms with Crippen molar-refractivity contribution in [3.63, 3.8) is 0 Å². The van der Waals surface area contributed by atoms with E-state index in [1.54, 1.807) is 30.1 Å². The fourth-order valence-corrected chi connectivity index (χ4v) is 2.82. The smallest absolute Gasteiger partial charge is 0.256 e. The van der Waals surface area contributed by atoms with E-state index >= 15 is 0 Å². The van der Waals surface area contributed by atoms with Crippen LogP contribution in [-0.4, -0.2) is 17.9 Å². The Hall–Kier alpha value is -1.03. The molecule has 2 aromatic rings. The van der Waals surface area contributed by atoms with Crippen LogP contribution in [0.2, 0.25) is 10.0 Å². The van der Waals surface area contributed by atoms with E-state index in [-0.39, 0.29) is 5.91 Å². The van der Waals surface area contributed by atoms with Gasteiger partial charge in [-0.25, -0.2) is 0 Å². The SMILES string of the molecule is CN(Cc1ccccc1Br)C(=O)c1c(Cl)cccc1Cl. The van der Waals surface area contributed by atoms with E-state index in [9.17, 15) is 4.79 Å². The molecule has 0 aromatic heterocycles. The highest BCUT2D eigenvalue weighted by atomic mass is 79.9. The summed E-state index contributed by atoms with van der Waals surface area (Å²) in [5.74, 6) is -0.198. The van der Waals surface area contributed by atoms with Gasteiger partial charge in [-0.2, -0.15) is 0 Å². The third-order valence-corrected chi connectivity index (χ3v) is 4.29. The summed E-state index contributed by atoms with van der Waals surface area (Å²) in [4.78, 5) is 14.0. The summed E-state index contributed by atoms with van der Waals surface area (Å²) in [6.45, 7) is 0.474. The second-order valence-corrected chi connectivity index (χ2v) is 6.02. The number of hydrogen-bond donors (Lipinski definition) is 0. The molecule has 0 radical (unpaired) electrons. The van der Waals surface area contributed by atoms with Crippen molar-refractivity contribution in [3.05, 3.63) is 68.1 Å². The molecule has 0 aliphatic rings. The van der Waals surface area contributed by atoms with Crippen LogP contribution in [0.15, 0.2) is 46.9 Å². The van der Waals surface area contributed by atoms with Crippen molar-refractivity contribution in [1.29, 1.82) is 0 Å². The van der Waals surface area contributed by atoms with Crippen LogP contribution >= 0.6 is 39.1 Å². The van der Waals surface area contributed by atoms with Crippen LogP contribution in [0.5, 0.6) is 0 Å². The second-order valence-electron chi connectivity index (χ2n) is 4.35. The molecule has 0 atom stereocenters. The molecule has 2 aromatic carbocycles. The minimum Gasteiger partial charge on any atom is -0.337 e. The number of hydrogen-bond acceptors (Lipinski definition) is 1. The predicted octanol–water partition coefficient (Wildman–Crippen LogP) is 5.03. The monoisotopic (exact) mass is 371 g/mol. The first-order valence-electron chi connectivity index (χ1n) is 5.93. The molecule has 2 nitrogen and oxygen atoms in total. The lowest BCUT2D eigenvalue weighted by Crippen LogP contribution is -2.26. The molecule has 5 heteroatoms. The van der Waals surface area contributed by atoms with E-state index in [0.717, 1.165) is 10.0 Å². The lowest BCUT2D eigenvalue weighted by molar-refractivity contribution is 0.0785. The zero-order valence-corrected chi connectivity index (χ0v) is 13.8. The van der Waals surface area contributed by atoms with Crippen LogP contribution in [0.1, 0.15) is 15.9 Å². The molecule has 0 saturated carbocycles. The summed E-state index contributed by atoms with van der Waals surface area (Å²) in [6.07, 6.45) is 0. The van der Waals surface area contributed by atoms with Crippen molar-refractivity contribution < 1.29 is 4.79 Å². The average molecular weight is 373 g/mol. The molecule has 104 valence electrons. The minimum absolute atomic E-state index is 0.198. The van der Waals surface area contributed by atoms with Crippen LogP contribution in [0.3, 0.4) is 0 Å². The van der Waals surface area contributed by atoms with E-state index < -0.39 is 0 Å². The quantitative estimate of drug-likeness (QED) is 0.739. The molecule has 0 aliphatic carbocycles. The van der Waals surface area contributed by atoms with Crippen molar-refractivity contribution in [2.75, 3.05) is 7.05 Å². The number of benzene rings is 2. The third-order valence-electron chi connectivity index (χ3n) is 2.89. The van der Waals surface area contributed by atoms with Gasteiger partial charge in [-0.05, 0) is 23.8 Å². The van der Waals surface area contributed by atoms with Gasteiger partial charge >= 0.3 is 0 Å². The highest BCUT2D eigenvalue weighted by Gasteiger charge is 2.19. The first-order chi connectivity index (χ1) is 9.50. The Morgan fingerprint density at radius 3 is 2.30 bits per heavy atom. The highest BCUT2D eigenvalue weighted by Crippen LogP contribution is 2.26. The van der Waals surface area contributed by atoms with E-state index in [0.29, 0.717) is 22.2 Å². The minimum atomic E-state index is -0.198. The molecule has 2 rings (SSSR count). The maximum atomic E-state index is 12.4. The van der Waals surface area contributed by atoms with E-state index in [1.807, 2.05) is 24.3 Å². The number of nitrogens with zero attached hydrogens (tertiary/aromatic N) is 1. The van der Waals surface area contributed by atoms with Gasteiger partial charge in [0.15, 0.2) is 0 Å². The summed E-state index contributed by atoms with van der Waals surface area (Å²) in [5, 5.41) is 0.725. The average Bonchev–Trinajstić information content (AvgIpc) is 2.41. The molecule has 0 N–H and O–H groups in total. The van der Waals surface area contributed by atoms with Crippen molar-refractivity contribution in [2.45, 2.75) is 6.54 Å². The third kappa shape index (κ3) is 3.35. The molecular formula is C15H12BrCl2NO. The fourth-order valence-electron chi connectivity index (χ4n) is 1.85.